The summed E-state index contributed by atoms with van der Waals surface area (Å²) >= 11 is 0. The molecule has 0 saturated heterocycles. The van der Waals surface area contributed by atoms with Crippen LogP contribution in [0.2, 0.25) is 0 Å². The van der Waals surface area contributed by atoms with E-state index in [1.54, 1.807) is 12.2 Å². The monoisotopic (exact) mass is 260 g/mol. The molecule has 0 atom stereocenters. The van der Waals surface area contributed by atoms with Gasteiger partial charge in [-0.25, -0.2) is 0 Å². The molecule has 2 rings (SSSR count). The molecule has 4 nitrogen and oxygen atoms in total. The molecular weight excluding hydrogens is 244 g/mol. The van der Waals surface area contributed by atoms with Gasteiger partial charge in [-0.05, 0) is 24.0 Å². The Balaban J connectivity index is 2.23. The summed E-state index contributed by atoms with van der Waals surface area (Å²) in [6.45, 7) is 0. The molecular formula is C15H16O4. The lowest BCUT2D eigenvalue weighted by atomic mass is 9.91. The summed E-state index contributed by atoms with van der Waals surface area (Å²) in [4.78, 5) is 22.4. The van der Waals surface area contributed by atoms with Gasteiger partial charge in [0.25, 0.3) is 0 Å². The summed E-state index contributed by atoms with van der Waals surface area (Å²) in [6.07, 6.45) is 5.01. The first-order chi connectivity index (χ1) is 9.10. The SMILES string of the molecule is COC(=O)CC=Cc1ccccc1C1(C(=O)O)CC1. The molecule has 0 aromatic heterocycles. The molecule has 0 amide bonds. The van der Waals surface area contributed by atoms with Gasteiger partial charge in [0.1, 0.15) is 0 Å². The third-order valence-electron chi connectivity index (χ3n) is 3.45. The number of carbonyl (C=O) groups is 2. The standard InChI is InChI=1S/C15H16O4/c1-19-13(16)8-4-6-11-5-2-3-7-12(11)15(9-10-15)14(17)18/h2-7H,8-10H2,1H3,(H,17,18). The number of methoxy groups -OCH3 is 1. The number of carboxylic acid groups (broad SMARTS) is 1. The predicted molar refractivity (Wildman–Crippen MR) is 70.7 cm³/mol. The van der Waals surface area contributed by atoms with E-state index in [1.807, 2.05) is 24.3 Å². The van der Waals surface area contributed by atoms with Crippen LogP contribution >= 0.6 is 0 Å². The molecule has 0 bridgehead atoms. The van der Waals surface area contributed by atoms with Gasteiger partial charge < -0.3 is 9.84 Å². The first-order valence-corrected chi connectivity index (χ1v) is 6.16. The third-order valence-corrected chi connectivity index (χ3v) is 3.45. The summed E-state index contributed by atoms with van der Waals surface area (Å²) in [7, 11) is 1.34. The number of aliphatic carboxylic acids is 1. The average Bonchev–Trinajstić information content (AvgIpc) is 3.20. The fourth-order valence-corrected chi connectivity index (χ4v) is 2.17. The maximum absolute atomic E-state index is 11.4. The number of hydrogen-bond donors (Lipinski definition) is 1. The number of hydrogen-bond acceptors (Lipinski definition) is 3. The lowest BCUT2D eigenvalue weighted by Gasteiger charge is -2.13. The largest absolute Gasteiger partial charge is 0.481 e. The predicted octanol–water partition coefficient (Wildman–Crippen LogP) is 2.38. The van der Waals surface area contributed by atoms with Crippen molar-refractivity contribution < 1.29 is 19.4 Å². The highest BCUT2D eigenvalue weighted by molar-refractivity contribution is 5.86. The van der Waals surface area contributed by atoms with Crippen LogP contribution < -0.4 is 0 Å². The van der Waals surface area contributed by atoms with Crippen molar-refractivity contribution in [2.24, 2.45) is 0 Å². The first kappa shape index (κ1) is 13.3. The minimum absolute atomic E-state index is 0.185. The minimum atomic E-state index is -0.777. The topological polar surface area (TPSA) is 63.6 Å². The molecule has 0 unspecified atom stereocenters. The Hall–Kier alpha value is -2.10. The van der Waals surface area contributed by atoms with Gasteiger partial charge in [0.15, 0.2) is 0 Å². The van der Waals surface area contributed by atoms with Crippen LogP contribution in [0.1, 0.15) is 30.4 Å². The molecule has 0 heterocycles. The van der Waals surface area contributed by atoms with Gasteiger partial charge in [-0.15, -0.1) is 0 Å². The fraction of sp³-hybridized carbons (Fsp3) is 0.333. The molecule has 1 aliphatic rings. The van der Waals surface area contributed by atoms with Crippen LogP contribution in [0.4, 0.5) is 0 Å². The van der Waals surface area contributed by atoms with E-state index in [4.69, 9.17) is 0 Å². The van der Waals surface area contributed by atoms with E-state index in [2.05, 4.69) is 4.74 Å². The number of esters is 1. The van der Waals surface area contributed by atoms with Crippen LogP contribution in [0.3, 0.4) is 0 Å². The molecule has 1 aromatic carbocycles. The van der Waals surface area contributed by atoms with Crippen molar-refractivity contribution in [1.29, 1.82) is 0 Å². The van der Waals surface area contributed by atoms with Crippen LogP contribution in [-0.4, -0.2) is 24.2 Å². The minimum Gasteiger partial charge on any atom is -0.481 e. The molecule has 1 saturated carbocycles. The van der Waals surface area contributed by atoms with Gasteiger partial charge in [0.05, 0.1) is 18.9 Å². The lowest BCUT2D eigenvalue weighted by molar-refractivity contribution is -0.140. The molecule has 100 valence electrons. The van der Waals surface area contributed by atoms with Crippen molar-refractivity contribution in [3.05, 3.63) is 41.5 Å². The van der Waals surface area contributed by atoms with E-state index in [0.717, 1.165) is 11.1 Å². The van der Waals surface area contributed by atoms with E-state index < -0.39 is 11.4 Å². The number of carbonyl (C=O) groups excluding carboxylic acids is 1. The summed E-state index contributed by atoms with van der Waals surface area (Å²) in [5.74, 6) is -1.09. The Morgan fingerprint density at radius 3 is 2.63 bits per heavy atom. The van der Waals surface area contributed by atoms with Crippen LogP contribution in [0.15, 0.2) is 30.3 Å². The van der Waals surface area contributed by atoms with Gasteiger partial charge in [-0.2, -0.15) is 0 Å². The highest BCUT2D eigenvalue weighted by atomic mass is 16.5. The molecule has 1 N–H and O–H groups in total. The van der Waals surface area contributed by atoms with Crippen molar-refractivity contribution in [2.75, 3.05) is 7.11 Å². The maximum Gasteiger partial charge on any atom is 0.314 e. The van der Waals surface area contributed by atoms with Gasteiger partial charge >= 0.3 is 11.9 Å². The normalized spacial score (nSPS) is 16.3. The quantitative estimate of drug-likeness (QED) is 0.825. The number of benzene rings is 1. The average molecular weight is 260 g/mol. The zero-order chi connectivity index (χ0) is 13.9. The van der Waals surface area contributed by atoms with E-state index in [0.29, 0.717) is 12.8 Å². The molecule has 0 radical (unpaired) electrons. The second-order valence-corrected chi connectivity index (χ2v) is 4.66. The van der Waals surface area contributed by atoms with Crippen LogP contribution in [0.5, 0.6) is 0 Å². The number of ether oxygens (including phenoxy) is 1. The molecule has 1 fully saturated rings. The van der Waals surface area contributed by atoms with Gasteiger partial charge in [-0.1, -0.05) is 36.4 Å². The van der Waals surface area contributed by atoms with Crippen molar-refractivity contribution in [3.8, 4) is 0 Å². The van der Waals surface area contributed by atoms with E-state index in [-0.39, 0.29) is 12.4 Å². The zero-order valence-electron chi connectivity index (χ0n) is 10.8. The zero-order valence-corrected chi connectivity index (χ0v) is 10.8. The summed E-state index contributed by atoms with van der Waals surface area (Å²) in [5, 5.41) is 9.34. The lowest BCUT2D eigenvalue weighted by Crippen LogP contribution is -2.20. The third kappa shape index (κ3) is 2.67. The molecule has 4 heteroatoms. The molecule has 1 aliphatic carbocycles. The van der Waals surface area contributed by atoms with Crippen LogP contribution in [-0.2, 0) is 19.7 Å². The Labute approximate surface area is 111 Å². The fourth-order valence-electron chi connectivity index (χ4n) is 2.17. The van der Waals surface area contributed by atoms with Gasteiger partial charge in [0.2, 0.25) is 0 Å². The Morgan fingerprint density at radius 1 is 1.37 bits per heavy atom. The van der Waals surface area contributed by atoms with Crippen molar-refractivity contribution in [2.45, 2.75) is 24.7 Å². The van der Waals surface area contributed by atoms with Gasteiger partial charge in [0, 0.05) is 0 Å². The van der Waals surface area contributed by atoms with E-state index >= 15 is 0 Å². The van der Waals surface area contributed by atoms with Crippen molar-refractivity contribution >= 4 is 18.0 Å². The first-order valence-electron chi connectivity index (χ1n) is 6.16. The van der Waals surface area contributed by atoms with E-state index in [1.165, 1.54) is 7.11 Å². The summed E-state index contributed by atoms with van der Waals surface area (Å²) in [6, 6.07) is 7.42. The Kier molecular flexibility index (Phi) is 3.69. The van der Waals surface area contributed by atoms with Crippen LogP contribution in [0.25, 0.3) is 6.08 Å². The second-order valence-electron chi connectivity index (χ2n) is 4.66. The highest BCUT2D eigenvalue weighted by Gasteiger charge is 2.52. The number of carboxylic acids is 1. The maximum atomic E-state index is 11.4. The van der Waals surface area contributed by atoms with Crippen molar-refractivity contribution in [1.82, 2.24) is 0 Å². The Bertz CT molecular complexity index is 527. The molecule has 0 spiro atoms. The molecule has 19 heavy (non-hydrogen) atoms. The molecule has 1 aromatic rings. The van der Waals surface area contributed by atoms with Crippen molar-refractivity contribution in [3.63, 3.8) is 0 Å². The van der Waals surface area contributed by atoms with Gasteiger partial charge in [-0.3, -0.25) is 9.59 Å². The number of rotatable bonds is 5. The highest BCUT2D eigenvalue weighted by Crippen LogP contribution is 2.49. The summed E-state index contributed by atoms with van der Waals surface area (Å²) in [5.41, 5.74) is 0.946. The van der Waals surface area contributed by atoms with E-state index in [9.17, 15) is 14.7 Å². The Morgan fingerprint density at radius 2 is 2.05 bits per heavy atom. The smallest absolute Gasteiger partial charge is 0.314 e. The van der Waals surface area contributed by atoms with Crippen LogP contribution in [0, 0.1) is 0 Å². The summed E-state index contributed by atoms with van der Waals surface area (Å²) < 4.78 is 4.55. The second kappa shape index (κ2) is 5.26. The molecule has 0 aliphatic heterocycles.